The van der Waals surface area contributed by atoms with Crippen molar-refractivity contribution in [3.63, 3.8) is 0 Å². The lowest BCUT2D eigenvalue weighted by atomic mass is 9.35. The van der Waals surface area contributed by atoms with Crippen molar-refractivity contribution in [2.24, 2.45) is 45.3 Å². The van der Waals surface area contributed by atoms with Crippen LogP contribution in [-0.4, -0.2) is 139 Å². The molecule has 3 aliphatic heterocycles. The molecule has 0 aromatic carbocycles. The maximum Gasteiger partial charge on any atom is 0.187 e. The van der Waals surface area contributed by atoms with Crippen LogP contribution in [0.2, 0.25) is 0 Å². The van der Waals surface area contributed by atoms with E-state index in [9.17, 15) is 40.9 Å². The van der Waals surface area contributed by atoms with Gasteiger partial charge in [-0.2, -0.15) is 0 Å². The van der Waals surface area contributed by atoms with Crippen LogP contribution in [0.25, 0.3) is 0 Å². The first-order valence-corrected chi connectivity index (χ1v) is 20.7. The third-order valence-corrected chi connectivity index (χ3v) is 17.1. The topological polar surface area (TPSA) is 208 Å². The summed E-state index contributed by atoms with van der Waals surface area (Å²) in [6.07, 6.45) is -5.82. The summed E-state index contributed by atoms with van der Waals surface area (Å²) in [5.74, 6) is 0.864. The summed E-state index contributed by atoms with van der Waals surface area (Å²) >= 11 is 0. The van der Waals surface area contributed by atoms with Crippen LogP contribution in [0.4, 0.5) is 0 Å². The fraction of sp³-hybridized carbons (Fsp3) is 1.00. The van der Waals surface area contributed by atoms with Crippen LogP contribution < -0.4 is 0 Å². The molecule has 0 unspecified atom stereocenters. The van der Waals surface area contributed by atoms with E-state index in [1.807, 2.05) is 13.8 Å². The van der Waals surface area contributed by atoms with Crippen molar-refractivity contribution < 1.29 is 64.5 Å². The Morgan fingerprint density at radius 1 is 0.704 bits per heavy atom. The summed E-state index contributed by atoms with van der Waals surface area (Å²) in [7, 11) is 0. The molecule has 13 heteroatoms. The number of aliphatic hydroxyl groups excluding tert-OH is 7. The zero-order valence-corrected chi connectivity index (χ0v) is 33.6. The van der Waals surface area contributed by atoms with Crippen molar-refractivity contribution in [1.29, 1.82) is 0 Å². The van der Waals surface area contributed by atoms with Crippen molar-refractivity contribution in [2.45, 2.75) is 198 Å². The largest absolute Gasteiger partial charge is 0.394 e. The Morgan fingerprint density at radius 3 is 2.04 bits per heavy atom. The van der Waals surface area contributed by atoms with Crippen LogP contribution in [-0.2, 0) is 23.7 Å². The van der Waals surface area contributed by atoms with Gasteiger partial charge in [0, 0.05) is 0 Å². The first kappa shape index (κ1) is 41.6. The van der Waals surface area contributed by atoms with Gasteiger partial charge in [0.2, 0.25) is 0 Å². The lowest BCUT2D eigenvalue weighted by Crippen LogP contribution is -2.67. The van der Waals surface area contributed by atoms with Gasteiger partial charge in [0.15, 0.2) is 12.6 Å². The average molecular weight is 771 g/mol. The molecule has 0 spiro atoms. The molecular weight excluding hydrogens is 700 g/mol. The molecule has 0 bridgehead atoms. The van der Waals surface area contributed by atoms with E-state index >= 15 is 0 Å². The highest BCUT2D eigenvalue weighted by atomic mass is 16.8. The molecule has 7 fully saturated rings. The second-order valence-electron chi connectivity index (χ2n) is 20.6. The third-order valence-electron chi connectivity index (χ3n) is 17.1. The fourth-order valence-electron chi connectivity index (χ4n) is 13.8. The van der Waals surface area contributed by atoms with Crippen molar-refractivity contribution in [3.8, 4) is 0 Å². The quantitative estimate of drug-likeness (QED) is 0.175. The maximum absolute atomic E-state index is 12.3. The van der Waals surface area contributed by atoms with Gasteiger partial charge in [-0.15, -0.1) is 0 Å². The number of aliphatic hydroxyl groups is 8. The van der Waals surface area contributed by atoms with Gasteiger partial charge in [-0.1, -0.05) is 34.6 Å². The summed E-state index contributed by atoms with van der Waals surface area (Å²) in [6.45, 7) is 16.9. The van der Waals surface area contributed by atoms with Gasteiger partial charge in [-0.05, 0) is 124 Å². The van der Waals surface area contributed by atoms with Crippen LogP contribution in [0.1, 0.15) is 113 Å². The molecule has 3 saturated heterocycles. The average Bonchev–Trinajstić information content (AvgIpc) is 3.69. The van der Waals surface area contributed by atoms with E-state index in [1.165, 1.54) is 0 Å². The minimum atomic E-state index is -1.70. The zero-order chi connectivity index (χ0) is 39.6. The summed E-state index contributed by atoms with van der Waals surface area (Å²) in [4.78, 5) is 0. The maximum atomic E-state index is 12.3. The monoisotopic (exact) mass is 770 g/mol. The molecule has 8 N–H and O–H groups in total. The Kier molecular flexibility index (Phi) is 10.8. The van der Waals surface area contributed by atoms with Gasteiger partial charge >= 0.3 is 0 Å². The van der Waals surface area contributed by atoms with Crippen molar-refractivity contribution in [1.82, 2.24) is 0 Å². The second kappa shape index (κ2) is 14.1. The third kappa shape index (κ3) is 6.28. The van der Waals surface area contributed by atoms with E-state index in [-0.39, 0.29) is 69.7 Å². The van der Waals surface area contributed by atoms with Crippen LogP contribution in [0.15, 0.2) is 0 Å². The summed E-state index contributed by atoms with van der Waals surface area (Å²) in [5.41, 5.74) is -1.81. The summed E-state index contributed by atoms with van der Waals surface area (Å²) < 4.78 is 31.0. The number of hydrogen-bond acceptors (Lipinski definition) is 13. The standard InChI is InChI=1S/C41H70O13/c1-36(2)24-10-15-39(6)25(17-21(43)28-20(9-14-40(28,39)7)41(8)16-12-27(54-41)37(3,4)49)38(24,5)13-11-26(36)52-35-33(29(45)22(44)19-50-35)53-34-32(48)31(47)30(46)23(18-42)51-34/h20-35,42-49H,9-19H2,1-8H3/t20-,21+,22+,23+,24-,25+,26-,27-,28-,29-,30-,31-,32+,33+,34+,35-,38-,39+,40+,41-/m0/s1. The highest BCUT2D eigenvalue weighted by molar-refractivity contribution is 5.20. The van der Waals surface area contributed by atoms with Gasteiger partial charge in [0.25, 0.3) is 0 Å². The first-order valence-electron chi connectivity index (χ1n) is 20.7. The lowest BCUT2D eigenvalue weighted by Gasteiger charge is -2.70. The molecule has 4 aliphatic carbocycles. The SMILES string of the molecule is CC(C)(O)[C@@H]1CC[C@@](C)([C@H]2CC[C@]3(C)[C@@H]2[C@H](O)C[C@@H]2[C@@]4(C)CC[C@H](O[C@@H]5OC[C@@H](O)[C@H](O)[C@H]5O[C@H]5O[C@H](CO)[C@H](O)[C@H](O)[C@H]5O)C(C)(C)[C@@H]4CC[C@]23C)O1. The number of rotatable bonds is 7. The lowest BCUT2D eigenvalue weighted by molar-refractivity contribution is -0.367. The van der Waals surface area contributed by atoms with E-state index in [1.54, 1.807) is 0 Å². The Morgan fingerprint density at radius 2 is 1.39 bits per heavy atom. The molecule has 13 nitrogen and oxygen atoms in total. The molecule has 7 aliphatic rings. The predicted molar refractivity (Wildman–Crippen MR) is 194 cm³/mol. The molecule has 7 rings (SSSR count). The first-order chi connectivity index (χ1) is 25.0. The van der Waals surface area contributed by atoms with E-state index in [0.717, 1.165) is 51.4 Å². The highest BCUT2D eigenvalue weighted by Gasteiger charge is 2.72. The van der Waals surface area contributed by atoms with Gasteiger partial charge in [0.05, 0.1) is 42.7 Å². The molecule has 0 aromatic rings. The van der Waals surface area contributed by atoms with Crippen molar-refractivity contribution in [3.05, 3.63) is 0 Å². The second-order valence-corrected chi connectivity index (χ2v) is 20.6. The molecule has 54 heavy (non-hydrogen) atoms. The van der Waals surface area contributed by atoms with Crippen LogP contribution in [0.3, 0.4) is 0 Å². The molecule has 312 valence electrons. The summed E-state index contributed by atoms with van der Waals surface area (Å²) in [5, 5.41) is 85.7. The van der Waals surface area contributed by atoms with Gasteiger partial charge < -0.3 is 64.5 Å². The van der Waals surface area contributed by atoms with E-state index in [4.69, 9.17) is 23.7 Å². The molecule has 4 saturated carbocycles. The normalized spacial score (nSPS) is 56.2. The van der Waals surface area contributed by atoms with Crippen LogP contribution in [0.5, 0.6) is 0 Å². The van der Waals surface area contributed by atoms with Crippen molar-refractivity contribution >= 4 is 0 Å². The highest BCUT2D eigenvalue weighted by Crippen LogP contribution is 2.76. The van der Waals surface area contributed by atoms with Crippen LogP contribution >= 0.6 is 0 Å². The smallest absolute Gasteiger partial charge is 0.187 e. The fourth-order valence-corrected chi connectivity index (χ4v) is 13.8. The number of fused-ring (bicyclic) bond motifs is 5. The molecule has 3 heterocycles. The molecule has 0 radical (unpaired) electrons. The van der Waals surface area contributed by atoms with Crippen molar-refractivity contribution in [2.75, 3.05) is 13.2 Å². The zero-order valence-electron chi connectivity index (χ0n) is 33.6. The van der Waals surface area contributed by atoms with Gasteiger partial charge in [0.1, 0.15) is 42.7 Å². The molecule has 20 atom stereocenters. The minimum absolute atomic E-state index is 0.00233. The number of hydrogen-bond donors (Lipinski definition) is 8. The molecular formula is C41H70O13. The predicted octanol–water partition coefficient (Wildman–Crippen LogP) is 2.00. The molecule has 0 aromatic heterocycles. The van der Waals surface area contributed by atoms with E-state index < -0.39 is 73.6 Å². The van der Waals surface area contributed by atoms with E-state index in [2.05, 4.69) is 41.5 Å². The Balaban J connectivity index is 1.09. The number of ether oxygens (including phenoxy) is 5. The Bertz CT molecular complexity index is 1360. The Labute approximate surface area is 320 Å². The van der Waals surface area contributed by atoms with E-state index in [0.29, 0.717) is 6.42 Å². The molecule has 0 amide bonds. The Hall–Kier alpha value is -0.520. The van der Waals surface area contributed by atoms with Gasteiger partial charge in [-0.3, -0.25) is 0 Å². The van der Waals surface area contributed by atoms with Gasteiger partial charge in [-0.25, -0.2) is 0 Å². The van der Waals surface area contributed by atoms with Crippen LogP contribution in [0, 0.1) is 45.3 Å². The minimum Gasteiger partial charge on any atom is -0.394 e. The summed E-state index contributed by atoms with van der Waals surface area (Å²) in [6, 6.07) is 0.